The van der Waals surface area contributed by atoms with E-state index in [0.29, 0.717) is 35.6 Å². The van der Waals surface area contributed by atoms with E-state index >= 15 is 0 Å². The summed E-state index contributed by atoms with van der Waals surface area (Å²) in [6.45, 7) is 6.56. The van der Waals surface area contributed by atoms with E-state index in [-0.39, 0.29) is 12.5 Å². The number of fused-ring (bicyclic) bond motifs is 1. The third-order valence-corrected chi connectivity index (χ3v) is 4.01. The monoisotopic (exact) mass is 360 g/mol. The fourth-order valence-corrected chi connectivity index (χ4v) is 2.90. The molecular weight excluding hydrogens is 339 g/mol. The molecular formula is C17H21FN6O2. The fourth-order valence-electron chi connectivity index (χ4n) is 2.90. The van der Waals surface area contributed by atoms with Gasteiger partial charge in [-0.15, -0.1) is 0 Å². The summed E-state index contributed by atoms with van der Waals surface area (Å²) in [6, 6.07) is 2.27. The highest BCUT2D eigenvalue weighted by molar-refractivity contribution is 6.01. The van der Waals surface area contributed by atoms with Crippen LogP contribution in [0.2, 0.25) is 0 Å². The summed E-state index contributed by atoms with van der Waals surface area (Å²) in [5.74, 6) is -0.994. The van der Waals surface area contributed by atoms with Crippen LogP contribution in [0.1, 0.15) is 36.8 Å². The summed E-state index contributed by atoms with van der Waals surface area (Å²) in [5.41, 5.74) is 6.61. The van der Waals surface area contributed by atoms with Crippen molar-refractivity contribution < 1.29 is 14.0 Å². The van der Waals surface area contributed by atoms with Crippen LogP contribution < -0.4 is 11.1 Å². The topological polar surface area (TPSA) is 106 Å². The van der Waals surface area contributed by atoms with Gasteiger partial charge in [-0.05, 0) is 26.8 Å². The number of pyridine rings is 1. The number of amides is 3. The Bertz CT molecular complexity index is 871. The molecule has 2 aromatic heterocycles. The number of primary amides is 1. The summed E-state index contributed by atoms with van der Waals surface area (Å²) in [6.07, 6.45) is 1.32. The smallest absolute Gasteiger partial charge is 0.315 e. The second kappa shape index (κ2) is 6.40. The van der Waals surface area contributed by atoms with Gasteiger partial charge < -0.3 is 16.0 Å². The number of aromatic nitrogens is 3. The molecule has 0 fully saturated rings. The van der Waals surface area contributed by atoms with Crippen LogP contribution >= 0.6 is 0 Å². The van der Waals surface area contributed by atoms with Crippen LogP contribution in [-0.4, -0.2) is 43.7 Å². The lowest BCUT2D eigenvalue weighted by atomic mass is 10.0. The number of halogens is 1. The van der Waals surface area contributed by atoms with Crippen LogP contribution in [0.3, 0.4) is 0 Å². The second-order valence-electron chi connectivity index (χ2n) is 7.22. The first kappa shape index (κ1) is 17.8. The predicted octanol–water partition coefficient (Wildman–Crippen LogP) is 1.51. The quantitative estimate of drug-likeness (QED) is 0.792. The van der Waals surface area contributed by atoms with Gasteiger partial charge in [-0.2, -0.15) is 9.49 Å². The van der Waals surface area contributed by atoms with Crippen molar-refractivity contribution in [1.82, 2.24) is 25.0 Å². The first-order chi connectivity index (χ1) is 12.2. The molecule has 1 aliphatic heterocycles. The number of hydrogen-bond acceptors (Lipinski definition) is 4. The zero-order valence-electron chi connectivity index (χ0n) is 14.9. The number of carbonyl (C=O) groups is 2. The largest absolute Gasteiger partial charge is 0.351 e. The summed E-state index contributed by atoms with van der Waals surface area (Å²) >= 11 is 0. The lowest BCUT2D eigenvalue weighted by Crippen LogP contribution is -2.44. The van der Waals surface area contributed by atoms with Crippen LogP contribution in [0, 0.1) is 5.95 Å². The van der Waals surface area contributed by atoms with Gasteiger partial charge >= 0.3 is 6.03 Å². The van der Waals surface area contributed by atoms with Crippen molar-refractivity contribution in [3.63, 3.8) is 0 Å². The zero-order chi connectivity index (χ0) is 19.1. The molecule has 0 unspecified atom stereocenters. The molecule has 0 spiro atoms. The number of nitrogens with two attached hydrogens (primary N) is 1. The molecule has 3 heterocycles. The molecule has 3 amide bonds. The van der Waals surface area contributed by atoms with Gasteiger partial charge in [-0.1, -0.05) is 0 Å². The Morgan fingerprint density at radius 3 is 2.65 bits per heavy atom. The summed E-state index contributed by atoms with van der Waals surface area (Å²) in [4.78, 5) is 29.5. The number of carbonyl (C=O) groups excluding carboxylic acids is 2. The Morgan fingerprint density at radius 2 is 2.04 bits per heavy atom. The minimum absolute atomic E-state index is 0.169. The van der Waals surface area contributed by atoms with Gasteiger partial charge in [0.1, 0.15) is 5.69 Å². The average Bonchev–Trinajstić information content (AvgIpc) is 2.91. The van der Waals surface area contributed by atoms with E-state index in [1.54, 1.807) is 10.7 Å². The van der Waals surface area contributed by atoms with Crippen molar-refractivity contribution in [2.75, 3.05) is 6.54 Å². The normalized spacial score (nSPS) is 14.1. The molecule has 3 N–H and O–H groups in total. The Balaban J connectivity index is 2.13. The highest BCUT2D eigenvalue weighted by atomic mass is 19.1. The maximum Gasteiger partial charge on any atom is 0.315 e. The maximum atomic E-state index is 13.6. The van der Waals surface area contributed by atoms with Gasteiger partial charge in [0.15, 0.2) is 0 Å². The average molecular weight is 360 g/mol. The molecule has 0 saturated carbocycles. The van der Waals surface area contributed by atoms with E-state index in [1.165, 1.54) is 17.2 Å². The van der Waals surface area contributed by atoms with Crippen LogP contribution in [0.4, 0.5) is 9.18 Å². The molecule has 9 heteroatoms. The second-order valence-corrected chi connectivity index (χ2v) is 7.22. The summed E-state index contributed by atoms with van der Waals surface area (Å²) in [5, 5.41) is 7.39. The summed E-state index contributed by atoms with van der Waals surface area (Å²) < 4.78 is 15.3. The van der Waals surface area contributed by atoms with E-state index in [1.807, 2.05) is 20.8 Å². The maximum absolute atomic E-state index is 13.6. The van der Waals surface area contributed by atoms with Crippen molar-refractivity contribution in [3.05, 3.63) is 35.5 Å². The molecule has 0 radical (unpaired) electrons. The van der Waals surface area contributed by atoms with Gasteiger partial charge in [0.05, 0.1) is 24.3 Å². The van der Waals surface area contributed by atoms with Crippen molar-refractivity contribution in [1.29, 1.82) is 0 Å². The Hall–Kier alpha value is -2.97. The van der Waals surface area contributed by atoms with Crippen molar-refractivity contribution in [2.45, 2.75) is 39.4 Å². The van der Waals surface area contributed by atoms with Crippen LogP contribution in [-0.2, 0) is 13.1 Å². The number of nitrogens with one attached hydrogen (secondary N) is 1. The minimum atomic E-state index is -0.658. The Kier molecular flexibility index (Phi) is 4.39. The van der Waals surface area contributed by atoms with E-state index in [9.17, 15) is 14.0 Å². The van der Waals surface area contributed by atoms with E-state index < -0.39 is 17.5 Å². The van der Waals surface area contributed by atoms with E-state index in [4.69, 9.17) is 5.73 Å². The first-order valence-electron chi connectivity index (χ1n) is 8.24. The van der Waals surface area contributed by atoms with Gasteiger partial charge in [-0.25, -0.2) is 9.78 Å². The molecule has 8 nitrogen and oxygen atoms in total. The molecule has 1 aliphatic rings. The zero-order valence-corrected chi connectivity index (χ0v) is 14.9. The van der Waals surface area contributed by atoms with Gasteiger partial charge in [-0.3, -0.25) is 9.48 Å². The molecule has 0 saturated heterocycles. The third kappa shape index (κ3) is 3.51. The molecule has 3 rings (SSSR count). The van der Waals surface area contributed by atoms with Crippen LogP contribution in [0.5, 0.6) is 0 Å². The number of urea groups is 1. The summed E-state index contributed by atoms with van der Waals surface area (Å²) in [7, 11) is 0. The van der Waals surface area contributed by atoms with Crippen LogP contribution in [0.15, 0.2) is 18.3 Å². The number of nitrogens with zero attached hydrogens (tertiary/aromatic N) is 4. The van der Waals surface area contributed by atoms with E-state index in [2.05, 4.69) is 15.4 Å². The minimum Gasteiger partial charge on any atom is -0.351 e. The van der Waals surface area contributed by atoms with E-state index in [0.717, 1.165) is 0 Å². The Labute approximate surface area is 150 Å². The molecule has 0 aromatic carbocycles. The highest BCUT2D eigenvalue weighted by Gasteiger charge is 2.31. The van der Waals surface area contributed by atoms with Gasteiger partial charge in [0, 0.05) is 29.9 Å². The lowest BCUT2D eigenvalue weighted by Gasteiger charge is -2.27. The fraction of sp³-hybridized carbons (Fsp3) is 0.412. The van der Waals surface area contributed by atoms with Crippen molar-refractivity contribution in [3.8, 4) is 11.3 Å². The third-order valence-electron chi connectivity index (χ3n) is 4.01. The molecule has 0 bridgehead atoms. The van der Waals surface area contributed by atoms with Crippen molar-refractivity contribution >= 4 is 11.9 Å². The Morgan fingerprint density at radius 1 is 1.31 bits per heavy atom. The lowest BCUT2D eigenvalue weighted by molar-refractivity contribution is 0.0916. The number of rotatable bonds is 2. The predicted molar refractivity (Wildman–Crippen MR) is 92.6 cm³/mol. The van der Waals surface area contributed by atoms with Gasteiger partial charge in [0.25, 0.3) is 5.91 Å². The SMILES string of the molecule is CC(C)(C)NC(=O)c1c(-c2ccnc(F)c2)nn2c1CN(C(N)=O)CC2. The van der Waals surface area contributed by atoms with Crippen LogP contribution in [0.25, 0.3) is 11.3 Å². The highest BCUT2D eigenvalue weighted by Crippen LogP contribution is 2.29. The molecule has 0 atom stereocenters. The molecule has 2 aromatic rings. The van der Waals surface area contributed by atoms with Gasteiger partial charge in [0.2, 0.25) is 5.95 Å². The first-order valence-corrected chi connectivity index (χ1v) is 8.24. The number of hydrogen-bond donors (Lipinski definition) is 2. The molecule has 138 valence electrons. The molecule has 26 heavy (non-hydrogen) atoms. The molecule has 0 aliphatic carbocycles. The van der Waals surface area contributed by atoms with Crippen molar-refractivity contribution in [2.24, 2.45) is 5.73 Å². The standard InChI is InChI=1S/C17H21FN6O2/c1-17(2,3)21-15(25)13-11-9-23(16(19)26)6-7-24(11)22-14(13)10-4-5-20-12(18)8-10/h4-5,8H,6-7,9H2,1-3H3,(H2,19,26)(H,21,25).